The molecular formula is C17H27ClN2O. The average molecular weight is 311 g/mol. The van der Waals surface area contributed by atoms with E-state index in [1.54, 1.807) is 0 Å². The lowest BCUT2D eigenvalue weighted by atomic mass is 10.0. The Morgan fingerprint density at radius 1 is 1.43 bits per heavy atom. The van der Waals surface area contributed by atoms with Crippen LogP contribution in [-0.4, -0.2) is 29.8 Å². The van der Waals surface area contributed by atoms with Crippen molar-refractivity contribution in [3.05, 3.63) is 28.8 Å². The van der Waals surface area contributed by atoms with Crippen molar-refractivity contribution in [1.82, 2.24) is 5.32 Å². The lowest BCUT2D eigenvalue weighted by Gasteiger charge is -2.23. The van der Waals surface area contributed by atoms with Gasteiger partial charge in [0.25, 0.3) is 0 Å². The first-order valence-electron chi connectivity index (χ1n) is 7.73. The van der Waals surface area contributed by atoms with Crippen molar-refractivity contribution in [3.8, 4) is 0 Å². The van der Waals surface area contributed by atoms with Crippen LogP contribution < -0.4 is 10.2 Å². The molecule has 1 saturated heterocycles. The third-order valence-corrected chi connectivity index (χ3v) is 4.39. The van der Waals surface area contributed by atoms with Gasteiger partial charge >= 0.3 is 0 Å². The van der Waals surface area contributed by atoms with Crippen molar-refractivity contribution in [2.75, 3.05) is 18.0 Å². The van der Waals surface area contributed by atoms with Gasteiger partial charge in [0, 0.05) is 31.1 Å². The van der Waals surface area contributed by atoms with Crippen molar-refractivity contribution in [1.29, 1.82) is 0 Å². The number of aliphatic hydroxyl groups excluding tert-OH is 1. The molecule has 3 nitrogen and oxygen atoms in total. The van der Waals surface area contributed by atoms with Gasteiger partial charge in [-0.1, -0.05) is 17.7 Å². The minimum Gasteiger partial charge on any atom is -0.393 e. The van der Waals surface area contributed by atoms with E-state index in [1.807, 2.05) is 13.0 Å². The highest BCUT2D eigenvalue weighted by atomic mass is 35.5. The summed E-state index contributed by atoms with van der Waals surface area (Å²) >= 11 is 6.45. The van der Waals surface area contributed by atoms with Gasteiger partial charge in [0.1, 0.15) is 0 Å². The summed E-state index contributed by atoms with van der Waals surface area (Å²) in [5.41, 5.74) is 2.38. The van der Waals surface area contributed by atoms with E-state index in [0.29, 0.717) is 5.92 Å². The van der Waals surface area contributed by atoms with Gasteiger partial charge in [-0.2, -0.15) is 0 Å². The zero-order valence-corrected chi connectivity index (χ0v) is 14.2. The molecule has 1 fully saturated rings. The summed E-state index contributed by atoms with van der Waals surface area (Å²) in [6.45, 7) is 11.0. The Kier molecular flexibility index (Phi) is 5.18. The fourth-order valence-electron chi connectivity index (χ4n) is 2.68. The number of nitrogens with zero attached hydrogens (tertiary/aromatic N) is 1. The van der Waals surface area contributed by atoms with Gasteiger partial charge < -0.3 is 15.3 Å². The second-order valence-corrected chi connectivity index (χ2v) is 7.53. The van der Waals surface area contributed by atoms with E-state index in [2.05, 4.69) is 43.1 Å². The molecule has 0 saturated carbocycles. The van der Waals surface area contributed by atoms with E-state index in [-0.39, 0.29) is 11.6 Å². The molecule has 2 atom stereocenters. The van der Waals surface area contributed by atoms with Crippen LogP contribution in [0, 0.1) is 5.92 Å². The lowest BCUT2D eigenvalue weighted by Crippen LogP contribution is -2.35. The van der Waals surface area contributed by atoms with Crippen molar-refractivity contribution in [3.63, 3.8) is 0 Å². The Bertz CT molecular complexity index is 482. The first-order chi connectivity index (χ1) is 9.76. The Morgan fingerprint density at radius 3 is 2.67 bits per heavy atom. The molecule has 2 N–H and O–H groups in total. The maximum Gasteiger partial charge on any atom is 0.0642 e. The fourth-order valence-corrected chi connectivity index (χ4v) is 3.01. The lowest BCUT2D eigenvalue weighted by molar-refractivity contribution is 0.136. The largest absolute Gasteiger partial charge is 0.393 e. The van der Waals surface area contributed by atoms with Crippen molar-refractivity contribution in [2.45, 2.75) is 52.3 Å². The van der Waals surface area contributed by atoms with Crippen LogP contribution in [0.1, 0.15) is 39.7 Å². The number of nitrogens with one attached hydrogen (secondary N) is 1. The number of hydrogen-bond donors (Lipinski definition) is 2. The minimum absolute atomic E-state index is 0.102. The molecule has 1 aromatic carbocycles. The van der Waals surface area contributed by atoms with Crippen LogP contribution >= 0.6 is 11.6 Å². The monoisotopic (exact) mass is 310 g/mol. The van der Waals surface area contributed by atoms with Gasteiger partial charge in [-0.25, -0.2) is 0 Å². The molecule has 21 heavy (non-hydrogen) atoms. The molecule has 1 heterocycles. The van der Waals surface area contributed by atoms with Crippen molar-refractivity contribution in [2.24, 2.45) is 5.92 Å². The van der Waals surface area contributed by atoms with Crippen LogP contribution in [0.2, 0.25) is 5.02 Å². The van der Waals surface area contributed by atoms with Crippen LogP contribution in [-0.2, 0) is 6.54 Å². The summed E-state index contributed by atoms with van der Waals surface area (Å²) in [6, 6.07) is 6.29. The number of rotatable bonds is 4. The zero-order chi connectivity index (χ0) is 15.6. The molecule has 2 unspecified atom stereocenters. The number of anilines is 1. The Labute approximate surface area is 133 Å². The van der Waals surface area contributed by atoms with Crippen LogP contribution in [0.25, 0.3) is 0 Å². The zero-order valence-electron chi connectivity index (χ0n) is 13.5. The highest BCUT2D eigenvalue weighted by Crippen LogP contribution is 2.32. The third kappa shape index (κ3) is 4.60. The molecule has 1 aromatic rings. The molecule has 0 amide bonds. The van der Waals surface area contributed by atoms with Crippen LogP contribution in [0.3, 0.4) is 0 Å². The smallest absolute Gasteiger partial charge is 0.0642 e. The maximum absolute atomic E-state index is 9.71. The van der Waals surface area contributed by atoms with Gasteiger partial charge in [-0.3, -0.25) is 0 Å². The third-order valence-electron chi connectivity index (χ3n) is 4.08. The molecule has 1 aliphatic rings. The molecule has 1 aliphatic heterocycles. The fraction of sp³-hybridized carbons (Fsp3) is 0.647. The first kappa shape index (κ1) is 16.6. The van der Waals surface area contributed by atoms with E-state index in [4.69, 9.17) is 11.6 Å². The van der Waals surface area contributed by atoms with Gasteiger partial charge in [0.2, 0.25) is 0 Å². The highest BCUT2D eigenvalue weighted by molar-refractivity contribution is 6.33. The van der Waals surface area contributed by atoms with E-state index >= 15 is 0 Å². The molecule has 118 valence electrons. The molecule has 4 heteroatoms. The SMILES string of the molecule is CC(O)C1CCN(c2ccc(CNC(C)(C)C)cc2Cl)C1. The second kappa shape index (κ2) is 6.55. The van der Waals surface area contributed by atoms with Crippen LogP contribution in [0.4, 0.5) is 5.69 Å². The minimum atomic E-state index is -0.246. The Hall–Kier alpha value is -0.770. The summed E-state index contributed by atoms with van der Waals surface area (Å²) in [4.78, 5) is 2.28. The topological polar surface area (TPSA) is 35.5 Å². The second-order valence-electron chi connectivity index (χ2n) is 7.12. The quantitative estimate of drug-likeness (QED) is 0.894. The first-order valence-corrected chi connectivity index (χ1v) is 8.10. The molecule has 2 rings (SSSR count). The number of aliphatic hydroxyl groups is 1. The predicted octanol–water partition coefficient (Wildman–Crippen LogP) is 3.44. The summed E-state index contributed by atoms with van der Waals surface area (Å²) in [6.07, 6.45) is 0.783. The van der Waals surface area contributed by atoms with Crippen molar-refractivity contribution >= 4 is 17.3 Å². The number of halogens is 1. The van der Waals surface area contributed by atoms with Crippen LogP contribution in [0.5, 0.6) is 0 Å². The number of benzene rings is 1. The summed E-state index contributed by atoms with van der Waals surface area (Å²) in [5.74, 6) is 0.350. The normalized spacial score (nSPS) is 20.9. The van der Waals surface area contributed by atoms with E-state index in [0.717, 1.165) is 36.8 Å². The summed E-state index contributed by atoms with van der Waals surface area (Å²) in [5, 5.41) is 14.0. The summed E-state index contributed by atoms with van der Waals surface area (Å²) < 4.78 is 0. The molecule has 0 aliphatic carbocycles. The molecule has 0 radical (unpaired) electrons. The maximum atomic E-state index is 9.71. The molecule has 0 bridgehead atoms. The van der Waals surface area contributed by atoms with Crippen LogP contribution in [0.15, 0.2) is 18.2 Å². The molecular weight excluding hydrogens is 284 g/mol. The summed E-state index contributed by atoms with van der Waals surface area (Å²) in [7, 11) is 0. The van der Waals surface area contributed by atoms with E-state index in [9.17, 15) is 5.11 Å². The average Bonchev–Trinajstić information content (AvgIpc) is 2.85. The van der Waals surface area contributed by atoms with Crippen molar-refractivity contribution < 1.29 is 5.11 Å². The predicted molar refractivity (Wildman–Crippen MR) is 90.0 cm³/mol. The van der Waals surface area contributed by atoms with E-state index < -0.39 is 0 Å². The van der Waals surface area contributed by atoms with Gasteiger partial charge in [0.15, 0.2) is 0 Å². The van der Waals surface area contributed by atoms with E-state index in [1.165, 1.54) is 5.56 Å². The van der Waals surface area contributed by atoms with Gasteiger partial charge in [-0.05, 0) is 51.8 Å². The molecule has 0 spiro atoms. The molecule has 0 aromatic heterocycles. The Morgan fingerprint density at radius 2 is 2.14 bits per heavy atom. The standard InChI is InChI=1S/C17H27ClN2O/c1-12(21)14-7-8-20(11-14)16-6-5-13(9-15(16)18)10-19-17(2,3)4/h5-6,9,12,14,19,21H,7-8,10-11H2,1-4H3. The van der Waals surface area contributed by atoms with Gasteiger partial charge in [-0.15, -0.1) is 0 Å². The van der Waals surface area contributed by atoms with Gasteiger partial charge in [0.05, 0.1) is 16.8 Å². The number of hydrogen-bond acceptors (Lipinski definition) is 3. The highest BCUT2D eigenvalue weighted by Gasteiger charge is 2.27. The Balaban J connectivity index is 2.03.